The van der Waals surface area contributed by atoms with Crippen molar-refractivity contribution in [1.29, 1.82) is 0 Å². The number of halogens is 1. The van der Waals surface area contributed by atoms with Crippen LogP contribution in [0.4, 0.5) is 5.69 Å². The molecule has 0 aliphatic rings. The second kappa shape index (κ2) is 7.38. The average Bonchev–Trinajstić information content (AvgIpc) is 2.32. The first-order valence-electron chi connectivity index (χ1n) is 6.02. The topological polar surface area (TPSA) is 75.3 Å². The summed E-state index contributed by atoms with van der Waals surface area (Å²) in [5.41, 5.74) is 6.78. The highest BCUT2D eigenvalue weighted by atomic mass is 79.9. The van der Waals surface area contributed by atoms with Gasteiger partial charge in [-0.05, 0) is 30.5 Å². The largest absolute Gasteiger partial charge is 0.399 e. The zero-order chi connectivity index (χ0) is 13.5. The number of hydrogen-bond acceptors (Lipinski definition) is 3. The third-order valence-corrected chi connectivity index (χ3v) is 3.31. The van der Waals surface area contributed by atoms with Gasteiger partial charge in [0.2, 0.25) is 0 Å². The van der Waals surface area contributed by atoms with Gasteiger partial charge >= 0.3 is 0 Å². The number of nitrogens with one attached hydrogen (secondary N) is 1. The van der Waals surface area contributed by atoms with Gasteiger partial charge in [0.25, 0.3) is 5.91 Å². The lowest BCUT2D eigenvalue weighted by atomic mass is 10.0. The zero-order valence-corrected chi connectivity index (χ0v) is 12.0. The van der Waals surface area contributed by atoms with E-state index in [1.165, 1.54) is 0 Å². The van der Waals surface area contributed by atoms with Gasteiger partial charge in [0.1, 0.15) is 0 Å². The molecule has 100 valence electrons. The third-order valence-electron chi connectivity index (χ3n) is 2.85. The Hall–Kier alpha value is -1.07. The third kappa shape index (κ3) is 4.66. The SMILES string of the molecule is CCC(CCO)CNC(=O)c1cc(N)cc(Br)c1. The molecule has 1 unspecified atom stereocenters. The molecule has 5 heteroatoms. The van der Waals surface area contributed by atoms with Crippen LogP contribution in [0.15, 0.2) is 22.7 Å². The van der Waals surface area contributed by atoms with Gasteiger partial charge in [0, 0.05) is 28.9 Å². The van der Waals surface area contributed by atoms with E-state index < -0.39 is 0 Å². The number of carbonyl (C=O) groups is 1. The molecule has 0 heterocycles. The van der Waals surface area contributed by atoms with Crippen LogP contribution in [0.2, 0.25) is 0 Å². The van der Waals surface area contributed by atoms with Gasteiger partial charge < -0.3 is 16.2 Å². The number of hydrogen-bond donors (Lipinski definition) is 3. The number of aliphatic hydroxyl groups excluding tert-OH is 1. The van der Waals surface area contributed by atoms with Gasteiger partial charge in [0.05, 0.1) is 0 Å². The Balaban J connectivity index is 2.59. The fourth-order valence-corrected chi connectivity index (χ4v) is 2.23. The van der Waals surface area contributed by atoms with Crippen molar-refractivity contribution in [2.75, 3.05) is 18.9 Å². The van der Waals surface area contributed by atoms with Gasteiger partial charge in [-0.3, -0.25) is 4.79 Å². The van der Waals surface area contributed by atoms with E-state index in [9.17, 15) is 4.79 Å². The lowest BCUT2D eigenvalue weighted by Crippen LogP contribution is -2.29. The van der Waals surface area contributed by atoms with E-state index in [1.54, 1.807) is 18.2 Å². The van der Waals surface area contributed by atoms with E-state index >= 15 is 0 Å². The number of rotatable bonds is 6. The van der Waals surface area contributed by atoms with E-state index in [-0.39, 0.29) is 12.5 Å². The number of aliphatic hydroxyl groups is 1. The molecule has 1 rings (SSSR count). The summed E-state index contributed by atoms with van der Waals surface area (Å²) in [5, 5.41) is 11.8. The van der Waals surface area contributed by atoms with Gasteiger partial charge in [-0.15, -0.1) is 0 Å². The van der Waals surface area contributed by atoms with E-state index in [4.69, 9.17) is 10.8 Å². The number of nitrogens with two attached hydrogens (primary N) is 1. The highest BCUT2D eigenvalue weighted by Crippen LogP contribution is 2.17. The van der Waals surface area contributed by atoms with Crippen molar-refractivity contribution in [1.82, 2.24) is 5.32 Å². The minimum atomic E-state index is -0.139. The summed E-state index contributed by atoms with van der Waals surface area (Å²) in [6.07, 6.45) is 1.64. The van der Waals surface area contributed by atoms with Crippen LogP contribution in [0.25, 0.3) is 0 Å². The number of amides is 1. The Labute approximate surface area is 116 Å². The molecule has 4 N–H and O–H groups in total. The van der Waals surface area contributed by atoms with Crippen LogP contribution in [0.5, 0.6) is 0 Å². The Morgan fingerprint density at radius 2 is 2.22 bits per heavy atom. The maximum Gasteiger partial charge on any atom is 0.251 e. The molecule has 0 saturated heterocycles. The van der Waals surface area contributed by atoms with Crippen molar-refractivity contribution in [3.8, 4) is 0 Å². The van der Waals surface area contributed by atoms with E-state index in [0.29, 0.717) is 30.1 Å². The summed E-state index contributed by atoms with van der Waals surface area (Å²) < 4.78 is 0.787. The van der Waals surface area contributed by atoms with E-state index in [1.807, 2.05) is 6.92 Å². The van der Waals surface area contributed by atoms with E-state index in [2.05, 4.69) is 21.2 Å². The molecule has 18 heavy (non-hydrogen) atoms. The molecule has 0 aromatic heterocycles. The maximum atomic E-state index is 11.9. The molecule has 1 aromatic rings. The highest BCUT2D eigenvalue weighted by molar-refractivity contribution is 9.10. The summed E-state index contributed by atoms with van der Waals surface area (Å²) in [7, 11) is 0. The van der Waals surface area contributed by atoms with Crippen molar-refractivity contribution in [3.63, 3.8) is 0 Å². The molecule has 1 aromatic carbocycles. The summed E-state index contributed by atoms with van der Waals surface area (Å²) in [5.74, 6) is 0.169. The summed E-state index contributed by atoms with van der Waals surface area (Å²) in [6.45, 7) is 2.77. The number of anilines is 1. The second-order valence-corrected chi connectivity index (χ2v) is 5.19. The smallest absolute Gasteiger partial charge is 0.251 e. The second-order valence-electron chi connectivity index (χ2n) is 4.27. The predicted molar refractivity (Wildman–Crippen MR) is 76.4 cm³/mol. The molecule has 0 aliphatic carbocycles. The van der Waals surface area contributed by atoms with Crippen LogP contribution >= 0.6 is 15.9 Å². The molecule has 1 atom stereocenters. The molecule has 0 fully saturated rings. The average molecular weight is 315 g/mol. The molecule has 0 saturated carbocycles. The first kappa shape index (κ1) is 15.0. The maximum absolute atomic E-state index is 11.9. The number of benzene rings is 1. The van der Waals surface area contributed by atoms with Gasteiger partial charge in [-0.1, -0.05) is 29.3 Å². The lowest BCUT2D eigenvalue weighted by molar-refractivity contribution is 0.0943. The fourth-order valence-electron chi connectivity index (χ4n) is 1.72. The quantitative estimate of drug-likeness (QED) is 0.704. The van der Waals surface area contributed by atoms with Crippen LogP contribution in [0.3, 0.4) is 0 Å². The summed E-state index contributed by atoms with van der Waals surface area (Å²) in [6, 6.07) is 5.13. The zero-order valence-electron chi connectivity index (χ0n) is 10.4. The monoisotopic (exact) mass is 314 g/mol. The molecule has 4 nitrogen and oxygen atoms in total. The standard InChI is InChI=1S/C13H19BrN2O2/c1-2-9(3-4-17)8-16-13(18)10-5-11(14)7-12(15)6-10/h5-7,9,17H,2-4,8,15H2,1H3,(H,16,18). The summed E-state index contributed by atoms with van der Waals surface area (Å²) >= 11 is 3.31. The molecule has 1 amide bonds. The molecule has 0 bridgehead atoms. The Morgan fingerprint density at radius 1 is 1.50 bits per heavy atom. The van der Waals surface area contributed by atoms with Crippen LogP contribution in [-0.4, -0.2) is 24.2 Å². The molecule has 0 radical (unpaired) electrons. The van der Waals surface area contributed by atoms with Gasteiger partial charge in [0.15, 0.2) is 0 Å². The first-order chi connectivity index (χ1) is 8.56. The normalized spacial score (nSPS) is 12.2. The molecule has 0 aliphatic heterocycles. The number of nitrogen functional groups attached to an aromatic ring is 1. The Morgan fingerprint density at radius 3 is 2.78 bits per heavy atom. The highest BCUT2D eigenvalue weighted by Gasteiger charge is 2.10. The molecule has 0 spiro atoms. The van der Waals surface area contributed by atoms with Gasteiger partial charge in [-0.2, -0.15) is 0 Å². The molecular formula is C13H19BrN2O2. The van der Waals surface area contributed by atoms with Crippen LogP contribution in [0.1, 0.15) is 30.1 Å². The lowest BCUT2D eigenvalue weighted by Gasteiger charge is -2.14. The van der Waals surface area contributed by atoms with Crippen molar-refractivity contribution in [2.45, 2.75) is 19.8 Å². The van der Waals surface area contributed by atoms with Crippen LogP contribution in [-0.2, 0) is 0 Å². The van der Waals surface area contributed by atoms with Crippen molar-refractivity contribution in [3.05, 3.63) is 28.2 Å². The van der Waals surface area contributed by atoms with Crippen molar-refractivity contribution < 1.29 is 9.90 Å². The Bertz CT molecular complexity index is 390. The van der Waals surface area contributed by atoms with Crippen LogP contribution < -0.4 is 11.1 Å². The first-order valence-corrected chi connectivity index (χ1v) is 6.81. The summed E-state index contributed by atoms with van der Waals surface area (Å²) in [4.78, 5) is 11.9. The minimum absolute atomic E-state index is 0.139. The van der Waals surface area contributed by atoms with Crippen LogP contribution in [0, 0.1) is 5.92 Å². The minimum Gasteiger partial charge on any atom is -0.399 e. The Kier molecular flexibility index (Phi) is 6.15. The molecular weight excluding hydrogens is 296 g/mol. The van der Waals surface area contributed by atoms with E-state index in [0.717, 1.165) is 10.9 Å². The fraction of sp³-hybridized carbons (Fsp3) is 0.462. The predicted octanol–water partition coefficient (Wildman–Crippen LogP) is 2.17. The number of carbonyl (C=O) groups excluding carboxylic acids is 1. The van der Waals surface area contributed by atoms with Gasteiger partial charge in [-0.25, -0.2) is 0 Å². The van der Waals surface area contributed by atoms with Crippen molar-refractivity contribution in [2.24, 2.45) is 5.92 Å². The van der Waals surface area contributed by atoms with Crippen molar-refractivity contribution >= 4 is 27.5 Å².